The van der Waals surface area contributed by atoms with Crippen LogP contribution in [0.4, 0.5) is 0 Å². The van der Waals surface area contributed by atoms with E-state index < -0.39 is 9.84 Å². The van der Waals surface area contributed by atoms with Crippen LogP contribution in [0.2, 0.25) is 0 Å². The van der Waals surface area contributed by atoms with Gasteiger partial charge >= 0.3 is 0 Å². The molecule has 1 aromatic carbocycles. The second kappa shape index (κ2) is 6.37. The molecule has 1 saturated heterocycles. The molecule has 20 heavy (non-hydrogen) atoms. The fraction of sp³-hybridized carbons (Fsp3) is 0.500. The Kier molecular flexibility index (Phi) is 4.77. The van der Waals surface area contributed by atoms with E-state index in [-0.39, 0.29) is 16.9 Å². The molecular formula is C14H19NO4S. The summed E-state index contributed by atoms with van der Waals surface area (Å²) in [6, 6.07) is 6.53. The minimum atomic E-state index is -3.17. The van der Waals surface area contributed by atoms with Crippen molar-refractivity contribution in [1.82, 2.24) is 5.32 Å². The van der Waals surface area contributed by atoms with Crippen LogP contribution in [0.25, 0.3) is 0 Å². The van der Waals surface area contributed by atoms with Gasteiger partial charge in [0.15, 0.2) is 9.84 Å². The van der Waals surface area contributed by atoms with Gasteiger partial charge in [0.1, 0.15) is 0 Å². The minimum Gasteiger partial charge on any atom is -0.378 e. The number of carbonyl (C=O) groups excluding carboxylic acids is 1. The van der Waals surface area contributed by atoms with Gasteiger partial charge in [0.25, 0.3) is 0 Å². The third-order valence-electron chi connectivity index (χ3n) is 3.28. The number of sulfone groups is 1. The summed E-state index contributed by atoms with van der Waals surface area (Å²) in [4.78, 5) is 12.0. The molecule has 1 fully saturated rings. The summed E-state index contributed by atoms with van der Waals surface area (Å²) < 4.78 is 28.0. The Hall–Kier alpha value is -1.40. The van der Waals surface area contributed by atoms with Gasteiger partial charge in [0.2, 0.25) is 5.91 Å². The van der Waals surface area contributed by atoms with Gasteiger partial charge in [0, 0.05) is 19.4 Å². The molecule has 0 saturated carbocycles. The number of hydrogen-bond acceptors (Lipinski definition) is 4. The first-order valence-electron chi connectivity index (χ1n) is 6.62. The number of rotatable bonds is 5. The second-order valence-corrected chi connectivity index (χ2v) is 7.05. The molecule has 1 aliphatic rings. The van der Waals surface area contributed by atoms with Crippen molar-refractivity contribution in [3.05, 3.63) is 29.8 Å². The van der Waals surface area contributed by atoms with Crippen molar-refractivity contribution in [3.8, 4) is 0 Å². The van der Waals surface area contributed by atoms with Crippen molar-refractivity contribution in [3.63, 3.8) is 0 Å². The highest BCUT2D eigenvalue weighted by Crippen LogP contribution is 2.15. The van der Waals surface area contributed by atoms with Crippen LogP contribution in [0, 0.1) is 0 Å². The number of hydrogen-bond donors (Lipinski definition) is 1. The van der Waals surface area contributed by atoms with E-state index in [9.17, 15) is 13.2 Å². The third kappa shape index (κ3) is 4.31. The lowest BCUT2D eigenvalue weighted by molar-refractivity contribution is -0.123. The predicted molar refractivity (Wildman–Crippen MR) is 75.0 cm³/mol. The van der Waals surface area contributed by atoms with Crippen molar-refractivity contribution in [2.75, 3.05) is 12.9 Å². The standard InChI is InChI=1S/C14H19NO4S/c1-20(17,18)13-6-4-11(5-7-13)10-15-14(16)9-12-3-2-8-19-12/h4-7,12H,2-3,8-10H2,1H3,(H,15,16)/t12-/m0/s1. The van der Waals surface area contributed by atoms with Crippen molar-refractivity contribution in [2.45, 2.75) is 36.8 Å². The van der Waals surface area contributed by atoms with Gasteiger partial charge in [-0.3, -0.25) is 4.79 Å². The van der Waals surface area contributed by atoms with Crippen LogP contribution < -0.4 is 5.32 Å². The van der Waals surface area contributed by atoms with Crippen LogP contribution in [0.1, 0.15) is 24.8 Å². The minimum absolute atomic E-state index is 0.0379. The molecule has 1 amide bonds. The fourth-order valence-corrected chi connectivity index (χ4v) is 2.77. The number of ether oxygens (including phenoxy) is 1. The summed E-state index contributed by atoms with van der Waals surface area (Å²) in [6.45, 7) is 1.14. The van der Waals surface area contributed by atoms with Gasteiger partial charge in [-0.2, -0.15) is 0 Å². The molecule has 1 aliphatic heterocycles. The average Bonchev–Trinajstić information content (AvgIpc) is 2.88. The van der Waals surface area contributed by atoms with Crippen molar-refractivity contribution in [2.24, 2.45) is 0 Å². The van der Waals surface area contributed by atoms with Crippen LogP contribution in [0.15, 0.2) is 29.2 Å². The number of benzene rings is 1. The lowest BCUT2D eigenvalue weighted by atomic mass is 10.1. The molecule has 0 aliphatic carbocycles. The summed E-state index contributed by atoms with van der Waals surface area (Å²) in [5.74, 6) is -0.0379. The zero-order valence-electron chi connectivity index (χ0n) is 11.5. The second-order valence-electron chi connectivity index (χ2n) is 5.03. The van der Waals surface area contributed by atoms with Gasteiger partial charge in [-0.05, 0) is 30.5 Å². The largest absolute Gasteiger partial charge is 0.378 e. The summed E-state index contributed by atoms with van der Waals surface area (Å²) in [6.07, 6.45) is 3.57. The Morgan fingerprint density at radius 1 is 1.35 bits per heavy atom. The highest BCUT2D eigenvalue weighted by atomic mass is 32.2. The van der Waals surface area contributed by atoms with Crippen LogP contribution in [0.3, 0.4) is 0 Å². The van der Waals surface area contributed by atoms with Gasteiger partial charge in [-0.15, -0.1) is 0 Å². The van der Waals surface area contributed by atoms with E-state index in [1.54, 1.807) is 24.3 Å². The van der Waals surface area contributed by atoms with Crippen LogP contribution in [-0.4, -0.2) is 33.3 Å². The molecule has 110 valence electrons. The first kappa shape index (κ1) is 15.0. The quantitative estimate of drug-likeness (QED) is 0.888. The summed E-state index contributed by atoms with van der Waals surface area (Å²) in [5, 5.41) is 2.82. The molecule has 6 heteroatoms. The Morgan fingerprint density at radius 3 is 2.60 bits per heavy atom. The fourth-order valence-electron chi connectivity index (χ4n) is 2.14. The highest BCUT2D eigenvalue weighted by molar-refractivity contribution is 7.90. The maximum Gasteiger partial charge on any atom is 0.222 e. The third-order valence-corrected chi connectivity index (χ3v) is 4.41. The molecule has 2 rings (SSSR count). The number of amides is 1. The topological polar surface area (TPSA) is 72.5 Å². The Bertz CT molecular complexity index is 559. The van der Waals surface area contributed by atoms with Gasteiger partial charge in [-0.1, -0.05) is 12.1 Å². The number of nitrogens with one attached hydrogen (secondary N) is 1. The molecule has 0 radical (unpaired) electrons. The van der Waals surface area contributed by atoms with Crippen LogP contribution in [0.5, 0.6) is 0 Å². The van der Waals surface area contributed by atoms with E-state index in [1.807, 2.05) is 0 Å². The Balaban J connectivity index is 1.83. The SMILES string of the molecule is CS(=O)(=O)c1ccc(CNC(=O)C[C@@H]2CCCO2)cc1. The Labute approximate surface area is 119 Å². The van der Waals surface area contributed by atoms with Gasteiger partial charge in [-0.25, -0.2) is 8.42 Å². The van der Waals surface area contributed by atoms with E-state index in [4.69, 9.17) is 4.74 Å². The molecular weight excluding hydrogens is 278 g/mol. The summed E-state index contributed by atoms with van der Waals surface area (Å²) in [7, 11) is -3.17. The monoisotopic (exact) mass is 297 g/mol. The first-order chi connectivity index (χ1) is 9.45. The van der Waals surface area contributed by atoms with Crippen molar-refractivity contribution in [1.29, 1.82) is 0 Å². The molecule has 1 heterocycles. The van der Waals surface area contributed by atoms with Crippen LogP contribution in [-0.2, 0) is 25.9 Å². The summed E-state index contributed by atoms with van der Waals surface area (Å²) >= 11 is 0. The van der Waals surface area contributed by atoms with E-state index in [0.29, 0.717) is 13.0 Å². The maximum absolute atomic E-state index is 11.7. The summed E-state index contributed by atoms with van der Waals surface area (Å²) in [5.41, 5.74) is 0.873. The molecule has 5 nitrogen and oxygen atoms in total. The van der Waals surface area contributed by atoms with E-state index in [1.165, 1.54) is 6.26 Å². The van der Waals surface area contributed by atoms with Crippen LogP contribution >= 0.6 is 0 Å². The first-order valence-corrected chi connectivity index (χ1v) is 8.51. The normalized spacial score (nSPS) is 18.9. The molecule has 0 aromatic heterocycles. The lowest BCUT2D eigenvalue weighted by Gasteiger charge is -2.10. The van der Waals surface area contributed by atoms with E-state index in [0.717, 1.165) is 25.0 Å². The zero-order chi connectivity index (χ0) is 14.6. The number of carbonyl (C=O) groups is 1. The van der Waals surface area contributed by atoms with Gasteiger partial charge < -0.3 is 10.1 Å². The van der Waals surface area contributed by atoms with E-state index >= 15 is 0 Å². The molecule has 0 spiro atoms. The molecule has 1 N–H and O–H groups in total. The smallest absolute Gasteiger partial charge is 0.222 e. The van der Waals surface area contributed by atoms with Gasteiger partial charge in [0.05, 0.1) is 17.4 Å². The van der Waals surface area contributed by atoms with E-state index in [2.05, 4.69) is 5.32 Å². The predicted octanol–water partition coefficient (Wildman–Crippen LogP) is 1.28. The molecule has 1 atom stereocenters. The Morgan fingerprint density at radius 2 is 2.05 bits per heavy atom. The average molecular weight is 297 g/mol. The maximum atomic E-state index is 11.7. The van der Waals surface area contributed by atoms with Crippen molar-refractivity contribution < 1.29 is 17.9 Å². The molecule has 1 aromatic rings. The molecule has 0 bridgehead atoms. The lowest BCUT2D eigenvalue weighted by Crippen LogP contribution is -2.26. The molecule has 0 unspecified atom stereocenters. The zero-order valence-corrected chi connectivity index (χ0v) is 12.3. The highest BCUT2D eigenvalue weighted by Gasteiger charge is 2.18. The van der Waals surface area contributed by atoms with Crippen molar-refractivity contribution >= 4 is 15.7 Å².